The van der Waals surface area contributed by atoms with Crippen LogP contribution in [-0.4, -0.2) is 35.7 Å². The van der Waals surface area contributed by atoms with Crippen LogP contribution in [0.15, 0.2) is 12.4 Å². The van der Waals surface area contributed by atoms with Crippen LogP contribution >= 0.6 is 0 Å². The van der Waals surface area contributed by atoms with Crippen molar-refractivity contribution in [3.63, 3.8) is 0 Å². The molecule has 1 aliphatic heterocycles. The highest BCUT2D eigenvalue weighted by molar-refractivity contribution is 5.33. The average molecular weight is 264 g/mol. The molecule has 2 heterocycles. The number of rotatable bonds is 6. The molecule has 0 bridgehead atoms. The first kappa shape index (κ1) is 14.1. The third-order valence-corrected chi connectivity index (χ3v) is 3.23. The first-order valence-corrected chi connectivity index (χ1v) is 7.17. The Morgan fingerprint density at radius 2 is 2.37 bits per heavy atom. The van der Waals surface area contributed by atoms with Gasteiger partial charge in [0.2, 0.25) is 5.88 Å². The first-order valence-electron chi connectivity index (χ1n) is 7.17. The van der Waals surface area contributed by atoms with Crippen LogP contribution < -0.4 is 15.4 Å². The van der Waals surface area contributed by atoms with Crippen LogP contribution in [0.5, 0.6) is 5.88 Å². The Morgan fingerprint density at radius 3 is 3.11 bits per heavy atom. The van der Waals surface area contributed by atoms with Crippen molar-refractivity contribution < 1.29 is 4.74 Å². The number of ether oxygens (including phenoxy) is 1. The molecule has 0 spiro atoms. The van der Waals surface area contributed by atoms with E-state index in [4.69, 9.17) is 4.74 Å². The van der Waals surface area contributed by atoms with Crippen LogP contribution in [0.3, 0.4) is 0 Å². The monoisotopic (exact) mass is 264 g/mol. The molecule has 1 fully saturated rings. The van der Waals surface area contributed by atoms with Gasteiger partial charge in [0.05, 0.1) is 18.5 Å². The highest BCUT2D eigenvalue weighted by Gasteiger charge is 2.12. The van der Waals surface area contributed by atoms with Crippen molar-refractivity contribution in [1.82, 2.24) is 15.3 Å². The van der Waals surface area contributed by atoms with E-state index in [1.807, 2.05) is 13.8 Å². The van der Waals surface area contributed by atoms with E-state index in [2.05, 4.69) is 20.6 Å². The van der Waals surface area contributed by atoms with Crippen LogP contribution in [0.25, 0.3) is 0 Å². The smallest absolute Gasteiger partial charge is 0.234 e. The summed E-state index contributed by atoms with van der Waals surface area (Å²) < 4.78 is 5.53. The molecule has 1 aromatic heterocycles. The minimum atomic E-state index is 0.123. The lowest BCUT2D eigenvalue weighted by molar-refractivity contribution is 0.232. The highest BCUT2D eigenvalue weighted by Crippen LogP contribution is 2.15. The third-order valence-electron chi connectivity index (χ3n) is 3.23. The van der Waals surface area contributed by atoms with Crippen LogP contribution in [-0.2, 0) is 0 Å². The summed E-state index contributed by atoms with van der Waals surface area (Å²) in [5.41, 5.74) is 0. The van der Waals surface area contributed by atoms with Gasteiger partial charge in [0, 0.05) is 6.54 Å². The highest BCUT2D eigenvalue weighted by atomic mass is 16.5. The lowest BCUT2D eigenvalue weighted by Crippen LogP contribution is -2.30. The molecule has 1 aromatic rings. The lowest BCUT2D eigenvalue weighted by Gasteiger charge is -2.22. The van der Waals surface area contributed by atoms with Crippen molar-refractivity contribution in [2.75, 3.05) is 25.0 Å². The predicted molar refractivity (Wildman–Crippen MR) is 76.5 cm³/mol. The minimum Gasteiger partial charge on any atom is -0.474 e. The summed E-state index contributed by atoms with van der Waals surface area (Å²) in [4.78, 5) is 8.52. The molecule has 0 aliphatic carbocycles. The first-order chi connectivity index (χ1) is 9.24. The molecule has 106 valence electrons. The average Bonchev–Trinajstić information content (AvgIpc) is 2.40. The molecule has 1 atom stereocenters. The number of anilines is 1. The van der Waals surface area contributed by atoms with E-state index in [9.17, 15) is 0 Å². The molecular weight excluding hydrogens is 240 g/mol. The van der Waals surface area contributed by atoms with Gasteiger partial charge in [-0.1, -0.05) is 0 Å². The number of aromatic nitrogens is 2. The minimum absolute atomic E-state index is 0.123. The SMILES string of the molecule is CC(C)Oc1cncc(NCCC2CCCNC2)n1. The normalized spacial score (nSPS) is 19.4. The predicted octanol–water partition coefficient (Wildman–Crippen LogP) is 2.07. The summed E-state index contributed by atoms with van der Waals surface area (Å²) in [6, 6.07) is 0. The second kappa shape index (κ2) is 7.28. The van der Waals surface area contributed by atoms with Crippen LogP contribution in [0.1, 0.15) is 33.1 Å². The maximum atomic E-state index is 5.53. The summed E-state index contributed by atoms with van der Waals surface area (Å²) in [5.74, 6) is 2.16. The molecule has 0 radical (unpaired) electrons. The Labute approximate surface area is 115 Å². The van der Waals surface area contributed by atoms with Crippen molar-refractivity contribution in [3.05, 3.63) is 12.4 Å². The van der Waals surface area contributed by atoms with Crippen molar-refractivity contribution in [3.8, 4) is 5.88 Å². The van der Waals surface area contributed by atoms with E-state index < -0.39 is 0 Å². The van der Waals surface area contributed by atoms with Crippen molar-refractivity contribution in [2.45, 2.75) is 39.2 Å². The number of hydrogen-bond acceptors (Lipinski definition) is 5. The zero-order valence-corrected chi connectivity index (χ0v) is 11.9. The van der Waals surface area contributed by atoms with E-state index in [1.54, 1.807) is 12.4 Å². The van der Waals surface area contributed by atoms with Gasteiger partial charge in [0.1, 0.15) is 5.82 Å². The molecule has 0 amide bonds. The topological polar surface area (TPSA) is 59.1 Å². The number of nitrogens with zero attached hydrogens (tertiary/aromatic N) is 2. The maximum Gasteiger partial charge on any atom is 0.234 e. The Hall–Kier alpha value is -1.36. The fraction of sp³-hybridized carbons (Fsp3) is 0.714. The molecule has 5 nitrogen and oxygen atoms in total. The van der Waals surface area contributed by atoms with Gasteiger partial charge in [0.25, 0.3) is 0 Å². The molecule has 19 heavy (non-hydrogen) atoms. The number of nitrogens with one attached hydrogen (secondary N) is 2. The van der Waals surface area contributed by atoms with E-state index in [-0.39, 0.29) is 6.10 Å². The van der Waals surface area contributed by atoms with Gasteiger partial charge < -0.3 is 15.4 Å². The van der Waals surface area contributed by atoms with Gasteiger partial charge in [-0.2, -0.15) is 4.98 Å². The molecule has 5 heteroatoms. The molecule has 0 aromatic carbocycles. The number of hydrogen-bond donors (Lipinski definition) is 2. The Balaban J connectivity index is 1.75. The van der Waals surface area contributed by atoms with Gasteiger partial charge in [-0.3, -0.25) is 4.98 Å². The fourth-order valence-corrected chi connectivity index (χ4v) is 2.31. The summed E-state index contributed by atoms with van der Waals surface area (Å²) >= 11 is 0. The standard InChI is InChI=1S/C14H24N4O/c1-11(2)19-14-10-16-9-13(18-14)17-7-5-12-4-3-6-15-8-12/h9-12,15H,3-8H2,1-2H3,(H,17,18). The van der Waals surface area contributed by atoms with Crippen molar-refractivity contribution in [2.24, 2.45) is 5.92 Å². The van der Waals surface area contributed by atoms with Gasteiger partial charge in [-0.15, -0.1) is 0 Å². The molecule has 0 saturated carbocycles. The van der Waals surface area contributed by atoms with Gasteiger partial charge in [-0.25, -0.2) is 0 Å². The second-order valence-corrected chi connectivity index (χ2v) is 5.34. The van der Waals surface area contributed by atoms with Gasteiger partial charge in [-0.05, 0) is 52.1 Å². The van der Waals surface area contributed by atoms with Gasteiger partial charge in [0.15, 0.2) is 0 Å². The zero-order chi connectivity index (χ0) is 13.5. The second-order valence-electron chi connectivity index (χ2n) is 5.34. The molecular formula is C14H24N4O. The lowest BCUT2D eigenvalue weighted by atomic mass is 9.96. The van der Waals surface area contributed by atoms with E-state index >= 15 is 0 Å². The number of piperidine rings is 1. The van der Waals surface area contributed by atoms with Crippen molar-refractivity contribution >= 4 is 5.82 Å². The largest absolute Gasteiger partial charge is 0.474 e. The Bertz CT molecular complexity index is 377. The molecule has 2 N–H and O–H groups in total. The van der Waals surface area contributed by atoms with Crippen molar-refractivity contribution in [1.29, 1.82) is 0 Å². The van der Waals surface area contributed by atoms with E-state index in [0.29, 0.717) is 5.88 Å². The van der Waals surface area contributed by atoms with Gasteiger partial charge >= 0.3 is 0 Å². The summed E-state index contributed by atoms with van der Waals surface area (Å²) in [6.45, 7) is 7.22. The summed E-state index contributed by atoms with van der Waals surface area (Å²) in [7, 11) is 0. The molecule has 1 unspecified atom stereocenters. The molecule has 1 aliphatic rings. The Morgan fingerprint density at radius 1 is 1.47 bits per heavy atom. The van der Waals surface area contributed by atoms with Crippen LogP contribution in [0.4, 0.5) is 5.82 Å². The van der Waals surface area contributed by atoms with E-state index in [1.165, 1.54) is 25.8 Å². The summed E-state index contributed by atoms with van der Waals surface area (Å²) in [6.07, 6.45) is 7.31. The van der Waals surface area contributed by atoms with Crippen LogP contribution in [0, 0.1) is 5.92 Å². The quantitative estimate of drug-likeness (QED) is 0.823. The summed E-state index contributed by atoms with van der Waals surface area (Å²) in [5, 5.41) is 6.76. The fourth-order valence-electron chi connectivity index (χ4n) is 2.31. The van der Waals surface area contributed by atoms with E-state index in [0.717, 1.165) is 24.8 Å². The third kappa shape index (κ3) is 5.03. The molecule has 2 rings (SSSR count). The maximum absolute atomic E-state index is 5.53. The molecule has 1 saturated heterocycles. The van der Waals surface area contributed by atoms with Crippen LogP contribution in [0.2, 0.25) is 0 Å². The zero-order valence-electron chi connectivity index (χ0n) is 11.9. The Kier molecular flexibility index (Phi) is 5.39.